The number of para-hydroxylation sites is 1. The second-order valence-corrected chi connectivity index (χ2v) is 4.94. The van der Waals surface area contributed by atoms with Crippen molar-refractivity contribution < 1.29 is 9.66 Å². The summed E-state index contributed by atoms with van der Waals surface area (Å²) in [6.07, 6.45) is 0.797. The van der Waals surface area contributed by atoms with E-state index in [1.807, 2.05) is 12.1 Å². The number of nitro benzene ring substituents is 1. The van der Waals surface area contributed by atoms with Crippen LogP contribution in [0.15, 0.2) is 24.3 Å². The first kappa shape index (κ1) is 14.9. The van der Waals surface area contributed by atoms with Crippen molar-refractivity contribution in [3.8, 4) is 0 Å². The summed E-state index contributed by atoms with van der Waals surface area (Å²) >= 11 is 0. The summed E-state index contributed by atoms with van der Waals surface area (Å²) in [7, 11) is 0. The lowest BCUT2D eigenvalue weighted by Crippen LogP contribution is -2.48. The third-order valence-corrected chi connectivity index (χ3v) is 3.65. The molecule has 1 aliphatic heterocycles. The Morgan fingerprint density at radius 2 is 2.25 bits per heavy atom. The van der Waals surface area contributed by atoms with E-state index in [1.165, 1.54) is 0 Å². The number of morpholine rings is 1. The number of ether oxygens (including phenoxy) is 1. The number of nitrogens with two attached hydrogens (primary N) is 1. The Balaban J connectivity index is 2.40. The van der Waals surface area contributed by atoms with Gasteiger partial charge in [0, 0.05) is 24.7 Å². The molecule has 0 radical (unpaired) electrons. The highest BCUT2D eigenvalue weighted by molar-refractivity contribution is 5.42. The van der Waals surface area contributed by atoms with E-state index < -0.39 is 0 Å². The van der Waals surface area contributed by atoms with Crippen molar-refractivity contribution in [3.05, 3.63) is 39.9 Å². The fourth-order valence-electron chi connectivity index (χ4n) is 2.82. The highest BCUT2D eigenvalue weighted by atomic mass is 16.6. The Morgan fingerprint density at radius 3 is 2.90 bits per heavy atom. The molecule has 1 fully saturated rings. The number of nitrogens with zero attached hydrogens (tertiary/aromatic N) is 2. The largest absolute Gasteiger partial charge is 0.374 e. The summed E-state index contributed by atoms with van der Waals surface area (Å²) in [6.45, 7) is 4.75. The molecular formula is C14H21N3O3. The molecule has 2 unspecified atom stereocenters. The first-order valence-corrected chi connectivity index (χ1v) is 6.98. The lowest BCUT2D eigenvalue weighted by Gasteiger charge is -2.40. The van der Waals surface area contributed by atoms with Crippen molar-refractivity contribution in [2.24, 2.45) is 5.73 Å². The van der Waals surface area contributed by atoms with Crippen LogP contribution in [0, 0.1) is 10.1 Å². The van der Waals surface area contributed by atoms with Gasteiger partial charge in [0.15, 0.2) is 0 Å². The van der Waals surface area contributed by atoms with Crippen LogP contribution in [0.4, 0.5) is 5.69 Å². The van der Waals surface area contributed by atoms with Crippen LogP contribution in [0.25, 0.3) is 0 Å². The molecule has 1 aromatic carbocycles. The summed E-state index contributed by atoms with van der Waals surface area (Å²) < 4.78 is 5.72. The number of nitro groups is 1. The minimum Gasteiger partial charge on any atom is -0.374 e. The molecule has 1 aromatic rings. The fraction of sp³-hybridized carbons (Fsp3) is 0.571. The molecule has 2 atom stereocenters. The molecule has 6 nitrogen and oxygen atoms in total. The van der Waals surface area contributed by atoms with Crippen LogP contribution < -0.4 is 5.73 Å². The van der Waals surface area contributed by atoms with E-state index in [-0.39, 0.29) is 22.8 Å². The lowest BCUT2D eigenvalue weighted by molar-refractivity contribution is -0.386. The molecule has 110 valence electrons. The normalized spacial score (nSPS) is 23.7. The number of benzene rings is 1. The van der Waals surface area contributed by atoms with Gasteiger partial charge < -0.3 is 10.5 Å². The van der Waals surface area contributed by atoms with Gasteiger partial charge >= 0.3 is 0 Å². The van der Waals surface area contributed by atoms with E-state index in [0.717, 1.165) is 19.5 Å². The molecule has 20 heavy (non-hydrogen) atoms. The highest BCUT2D eigenvalue weighted by Crippen LogP contribution is 2.34. The molecule has 0 aliphatic carbocycles. The van der Waals surface area contributed by atoms with Crippen LogP contribution in [0.3, 0.4) is 0 Å². The van der Waals surface area contributed by atoms with Crippen LogP contribution in [0.1, 0.15) is 24.9 Å². The van der Waals surface area contributed by atoms with Gasteiger partial charge in [-0.3, -0.25) is 15.0 Å². The van der Waals surface area contributed by atoms with Crippen LogP contribution in [-0.4, -0.2) is 42.2 Å². The van der Waals surface area contributed by atoms with E-state index in [1.54, 1.807) is 12.1 Å². The van der Waals surface area contributed by atoms with Gasteiger partial charge in [0.1, 0.15) is 0 Å². The highest BCUT2D eigenvalue weighted by Gasteiger charge is 2.36. The fourth-order valence-corrected chi connectivity index (χ4v) is 2.82. The summed E-state index contributed by atoms with van der Waals surface area (Å²) in [5.41, 5.74) is 6.63. The maximum Gasteiger partial charge on any atom is 0.274 e. The average Bonchev–Trinajstić information content (AvgIpc) is 2.47. The Kier molecular flexibility index (Phi) is 5.05. The standard InChI is InChI=1S/C14H21N3O3/c1-2-7-16-8-9-20-13(10-15)14(16)11-5-3-4-6-12(11)17(18)19/h3-6,13-14H,2,7-10,15H2,1H3. The monoisotopic (exact) mass is 279 g/mol. The zero-order chi connectivity index (χ0) is 14.5. The van der Waals surface area contributed by atoms with Crippen LogP contribution >= 0.6 is 0 Å². The summed E-state index contributed by atoms with van der Waals surface area (Å²) in [5.74, 6) is 0. The van der Waals surface area contributed by atoms with Crippen molar-refractivity contribution in [3.63, 3.8) is 0 Å². The van der Waals surface area contributed by atoms with E-state index >= 15 is 0 Å². The van der Waals surface area contributed by atoms with Gasteiger partial charge in [0.05, 0.1) is 23.7 Å². The Morgan fingerprint density at radius 1 is 1.50 bits per heavy atom. The topological polar surface area (TPSA) is 81.6 Å². The molecule has 0 spiro atoms. The number of rotatable bonds is 5. The van der Waals surface area contributed by atoms with Gasteiger partial charge in [-0.2, -0.15) is 0 Å². The molecular weight excluding hydrogens is 258 g/mol. The first-order chi connectivity index (χ1) is 9.69. The molecule has 0 amide bonds. The third kappa shape index (κ3) is 2.98. The maximum atomic E-state index is 11.2. The zero-order valence-corrected chi connectivity index (χ0v) is 11.7. The predicted octanol–water partition coefficient (Wildman–Crippen LogP) is 1.71. The Hall–Kier alpha value is -1.50. The first-order valence-electron chi connectivity index (χ1n) is 6.98. The lowest BCUT2D eigenvalue weighted by atomic mass is 9.96. The van der Waals surface area contributed by atoms with Gasteiger partial charge in [-0.05, 0) is 13.0 Å². The van der Waals surface area contributed by atoms with Crippen LogP contribution in [-0.2, 0) is 4.74 Å². The van der Waals surface area contributed by atoms with Gasteiger partial charge in [-0.1, -0.05) is 25.1 Å². The SMILES string of the molecule is CCCN1CCOC(CN)C1c1ccccc1[N+](=O)[O-]. The molecule has 2 N–H and O–H groups in total. The Labute approximate surface area is 118 Å². The molecule has 2 rings (SSSR count). The average molecular weight is 279 g/mol. The predicted molar refractivity (Wildman–Crippen MR) is 76.5 cm³/mol. The second-order valence-electron chi connectivity index (χ2n) is 4.94. The Bertz CT molecular complexity index is 465. The van der Waals surface area contributed by atoms with Crippen molar-refractivity contribution >= 4 is 5.69 Å². The quantitative estimate of drug-likeness (QED) is 0.655. The molecule has 0 saturated carbocycles. The molecule has 6 heteroatoms. The number of hydrogen-bond acceptors (Lipinski definition) is 5. The van der Waals surface area contributed by atoms with Crippen LogP contribution in [0.2, 0.25) is 0 Å². The molecule has 0 bridgehead atoms. The van der Waals surface area contributed by atoms with Gasteiger partial charge in [-0.15, -0.1) is 0 Å². The second kappa shape index (κ2) is 6.78. The van der Waals surface area contributed by atoms with Crippen molar-refractivity contribution in [1.29, 1.82) is 0 Å². The zero-order valence-electron chi connectivity index (χ0n) is 11.7. The van der Waals surface area contributed by atoms with Crippen LogP contribution in [0.5, 0.6) is 0 Å². The summed E-state index contributed by atoms with van der Waals surface area (Å²) in [4.78, 5) is 13.1. The van der Waals surface area contributed by atoms with Crippen molar-refractivity contribution in [2.45, 2.75) is 25.5 Å². The summed E-state index contributed by atoms with van der Waals surface area (Å²) in [5, 5.41) is 11.2. The smallest absolute Gasteiger partial charge is 0.274 e. The van der Waals surface area contributed by atoms with E-state index in [0.29, 0.717) is 18.7 Å². The van der Waals surface area contributed by atoms with E-state index in [9.17, 15) is 10.1 Å². The minimum atomic E-state index is -0.332. The van der Waals surface area contributed by atoms with Gasteiger partial charge in [0.2, 0.25) is 0 Å². The van der Waals surface area contributed by atoms with Crippen molar-refractivity contribution in [2.75, 3.05) is 26.2 Å². The molecule has 1 aliphatic rings. The number of hydrogen-bond donors (Lipinski definition) is 1. The molecule has 1 heterocycles. The van der Waals surface area contributed by atoms with E-state index in [4.69, 9.17) is 10.5 Å². The molecule has 0 aromatic heterocycles. The molecule has 1 saturated heterocycles. The van der Waals surface area contributed by atoms with E-state index in [2.05, 4.69) is 11.8 Å². The maximum absolute atomic E-state index is 11.2. The minimum absolute atomic E-state index is 0.141. The van der Waals surface area contributed by atoms with Crippen molar-refractivity contribution in [1.82, 2.24) is 4.90 Å². The van der Waals surface area contributed by atoms with Gasteiger partial charge in [-0.25, -0.2) is 0 Å². The third-order valence-electron chi connectivity index (χ3n) is 3.65. The van der Waals surface area contributed by atoms with Gasteiger partial charge in [0.25, 0.3) is 5.69 Å². The summed E-state index contributed by atoms with van der Waals surface area (Å²) in [6, 6.07) is 6.72.